The van der Waals surface area contributed by atoms with Crippen molar-refractivity contribution in [3.63, 3.8) is 0 Å². The van der Waals surface area contributed by atoms with Crippen LogP contribution in [0.2, 0.25) is 0 Å². The van der Waals surface area contributed by atoms with Crippen LogP contribution in [0.5, 0.6) is 11.5 Å². The lowest BCUT2D eigenvalue weighted by molar-refractivity contribution is 0.483. The van der Waals surface area contributed by atoms with Crippen LogP contribution in [0.1, 0.15) is 5.56 Å². The lowest BCUT2D eigenvalue weighted by Crippen LogP contribution is -1.84. The minimum absolute atomic E-state index is 0.531. The van der Waals surface area contributed by atoms with Gasteiger partial charge >= 0.3 is 0 Å². The first-order valence-electron chi connectivity index (χ1n) is 5.00. The van der Waals surface area contributed by atoms with Gasteiger partial charge in [0.15, 0.2) is 5.75 Å². The Morgan fingerprint density at radius 2 is 1.69 bits per heavy atom. The van der Waals surface area contributed by atoms with Gasteiger partial charge in [-0.1, -0.05) is 29.8 Å². The summed E-state index contributed by atoms with van der Waals surface area (Å²) in [5.41, 5.74) is 8.75. The second-order valence-electron chi connectivity index (χ2n) is 3.49. The lowest BCUT2D eigenvalue weighted by atomic mass is 10.2. The molecule has 3 heteroatoms. The molecule has 2 aromatic carbocycles. The highest BCUT2D eigenvalue weighted by Gasteiger charge is 2.02. The largest absolute Gasteiger partial charge is 0.455 e. The van der Waals surface area contributed by atoms with E-state index in [1.807, 2.05) is 43.3 Å². The van der Waals surface area contributed by atoms with Crippen LogP contribution in [0.15, 0.2) is 53.6 Å². The lowest BCUT2D eigenvalue weighted by Gasteiger charge is -2.07. The van der Waals surface area contributed by atoms with Gasteiger partial charge in [0.25, 0.3) is 0 Å². The monoisotopic (exact) mass is 212 g/mol. The molecule has 0 radical (unpaired) electrons. The molecule has 2 aromatic rings. The van der Waals surface area contributed by atoms with Crippen LogP contribution < -0.4 is 4.74 Å². The van der Waals surface area contributed by atoms with Crippen LogP contribution in [0.4, 0.5) is 5.69 Å². The third kappa shape index (κ3) is 2.25. The summed E-state index contributed by atoms with van der Waals surface area (Å²) in [6, 6.07) is 15.0. The average molecular weight is 212 g/mol. The van der Waals surface area contributed by atoms with Gasteiger partial charge in [0, 0.05) is 0 Å². The zero-order valence-corrected chi connectivity index (χ0v) is 8.97. The first-order chi connectivity index (χ1) is 7.79. The molecule has 16 heavy (non-hydrogen) atoms. The third-order valence-electron chi connectivity index (χ3n) is 2.23. The van der Waals surface area contributed by atoms with Crippen molar-refractivity contribution in [2.45, 2.75) is 6.92 Å². The Morgan fingerprint density at radius 1 is 1.00 bits per heavy atom. The number of rotatable bonds is 3. The summed E-state index contributed by atoms with van der Waals surface area (Å²) in [5.74, 6) is 1.35. The molecule has 0 aromatic heterocycles. The summed E-state index contributed by atoms with van der Waals surface area (Å²) in [6.45, 7) is 2.02. The Labute approximate surface area is 94.2 Å². The van der Waals surface area contributed by atoms with E-state index in [0.717, 1.165) is 5.75 Å². The molecule has 3 nitrogen and oxygen atoms in total. The van der Waals surface area contributed by atoms with Crippen molar-refractivity contribution in [1.29, 1.82) is 5.53 Å². The molecule has 0 bridgehead atoms. The SMILES string of the molecule is Cc1ccc(Oc2ccccc2N=N)cc1. The van der Waals surface area contributed by atoms with E-state index in [1.54, 1.807) is 12.1 Å². The van der Waals surface area contributed by atoms with Gasteiger partial charge in [0.1, 0.15) is 11.4 Å². The standard InChI is InChI=1S/C13H12N2O/c1-10-6-8-11(9-7-10)16-13-5-3-2-4-12(13)15-14/h2-9,14H,1H3. The molecular formula is C13H12N2O. The highest BCUT2D eigenvalue weighted by atomic mass is 16.5. The van der Waals surface area contributed by atoms with E-state index in [2.05, 4.69) is 5.11 Å². The van der Waals surface area contributed by atoms with Gasteiger partial charge < -0.3 is 4.74 Å². The van der Waals surface area contributed by atoms with E-state index in [0.29, 0.717) is 11.4 Å². The molecule has 0 aliphatic carbocycles. The minimum Gasteiger partial charge on any atom is -0.455 e. The van der Waals surface area contributed by atoms with Crippen LogP contribution in [-0.4, -0.2) is 0 Å². The number of aryl methyl sites for hydroxylation is 1. The van der Waals surface area contributed by atoms with Gasteiger partial charge in [0.05, 0.1) is 0 Å². The molecule has 0 unspecified atom stereocenters. The molecule has 0 atom stereocenters. The first kappa shape index (κ1) is 10.4. The zero-order valence-electron chi connectivity index (χ0n) is 8.97. The van der Waals surface area contributed by atoms with E-state index in [1.165, 1.54) is 5.56 Å². The quantitative estimate of drug-likeness (QED) is 0.750. The summed E-state index contributed by atoms with van der Waals surface area (Å²) < 4.78 is 5.64. The molecule has 2 rings (SSSR count). The van der Waals surface area contributed by atoms with Crippen LogP contribution in [0.25, 0.3) is 0 Å². The Morgan fingerprint density at radius 3 is 2.38 bits per heavy atom. The first-order valence-corrected chi connectivity index (χ1v) is 5.00. The third-order valence-corrected chi connectivity index (χ3v) is 2.23. The van der Waals surface area contributed by atoms with Crippen LogP contribution in [-0.2, 0) is 0 Å². The summed E-state index contributed by atoms with van der Waals surface area (Å²) in [5, 5.41) is 3.41. The number of nitrogens with zero attached hydrogens (tertiary/aromatic N) is 1. The van der Waals surface area contributed by atoms with Crippen LogP contribution in [0, 0.1) is 12.5 Å². The zero-order chi connectivity index (χ0) is 11.4. The molecule has 0 amide bonds. The van der Waals surface area contributed by atoms with Gasteiger partial charge in [-0.25, -0.2) is 5.53 Å². The fraction of sp³-hybridized carbons (Fsp3) is 0.0769. The highest BCUT2D eigenvalue weighted by Crippen LogP contribution is 2.31. The molecule has 0 heterocycles. The topological polar surface area (TPSA) is 45.4 Å². The van der Waals surface area contributed by atoms with Crippen LogP contribution in [0.3, 0.4) is 0 Å². The fourth-order valence-electron chi connectivity index (χ4n) is 1.37. The van der Waals surface area contributed by atoms with E-state index >= 15 is 0 Å². The number of ether oxygens (including phenoxy) is 1. The van der Waals surface area contributed by atoms with E-state index in [4.69, 9.17) is 10.3 Å². The van der Waals surface area contributed by atoms with Gasteiger partial charge in [-0.05, 0) is 31.2 Å². The molecule has 0 aliphatic rings. The molecule has 0 spiro atoms. The summed E-state index contributed by atoms with van der Waals surface area (Å²) in [7, 11) is 0. The van der Waals surface area contributed by atoms with E-state index in [-0.39, 0.29) is 0 Å². The van der Waals surface area contributed by atoms with Crippen molar-refractivity contribution < 1.29 is 4.74 Å². The molecule has 0 aliphatic heterocycles. The Kier molecular flexibility index (Phi) is 2.96. The van der Waals surface area contributed by atoms with Gasteiger partial charge in [-0.3, -0.25) is 0 Å². The number of para-hydroxylation sites is 2. The van der Waals surface area contributed by atoms with Crippen molar-refractivity contribution in [3.05, 3.63) is 54.1 Å². The van der Waals surface area contributed by atoms with Crippen LogP contribution >= 0.6 is 0 Å². The number of hydrogen-bond acceptors (Lipinski definition) is 3. The Balaban J connectivity index is 2.26. The maximum Gasteiger partial charge on any atom is 0.154 e. The predicted molar refractivity (Wildman–Crippen MR) is 62.5 cm³/mol. The Hall–Kier alpha value is -2.16. The molecule has 1 N–H and O–H groups in total. The van der Waals surface area contributed by atoms with Gasteiger partial charge in [0.2, 0.25) is 0 Å². The number of nitrogens with one attached hydrogen (secondary N) is 1. The maximum absolute atomic E-state index is 7.03. The second-order valence-corrected chi connectivity index (χ2v) is 3.49. The van der Waals surface area contributed by atoms with Crippen molar-refractivity contribution in [2.75, 3.05) is 0 Å². The highest BCUT2D eigenvalue weighted by molar-refractivity contribution is 5.52. The number of benzene rings is 2. The molecule has 0 saturated carbocycles. The van der Waals surface area contributed by atoms with Crippen molar-refractivity contribution >= 4 is 5.69 Å². The fourth-order valence-corrected chi connectivity index (χ4v) is 1.37. The van der Waals surface area contributed by atoms with E-state index in [9.17, 15) is 0 Å². The maximum atomic E-state index is 7.03. The molecular weight excluding hydrogens is 200 g/mol. The van der Waals surface area contributed by atoms with Crippen molar-refractivity contribution in [1.82, 2.24) is 0 Å². The predicted octanol–water partition coefficient (Wildman–Crippen LogP) is 4.45. The summed E-state index contributed by atoms with van der Waals surface area (Å²) in [4.78, 5) is 0. The minimum atomic E-state index is 0.531. The molecule has 0 fully saturated rings. The average Bonchev–Trinajstić information content (AvgIpc) is 2.33. The van der Waals surface area contributed by atoms with Crippen molar-refractivity contribution in [3.8, 4) is 11.5 Å². The number of hydrogen-bond donors (Lipinski definition) is 1. The normalized spacial score (nSPS) is 9.81. The summed E-state index contributed by atoms with van der Waals surface area (Å²) in [6.07, 6.45) is 0. The Bertz CT molecular complexity index is 492. The van der Waals surface area contributed by atoms with E-state index < -0.39 is 0 Å². The smallest absolute Gasteiger partial charge is 0.154 e. The summed E-state index contributed by atoms with van der Waals surface area (Å²) >= 11 is 0. The van der Waals surface area contributed by atoms with Gasteiger partial charge in [-0.2, -0.15) is 5.11 Å². The van der Waals surface area contributed by atoms with Crippen molar-refractivity contribution in [2.24, 2.45) is 5.11 Å². The molecule has 0 saturated heterocycles. The molecule has 80 valence electrons. The second kappa shape index (κ2) is 4.57. The van der Waals surface area contributed by atoms with Gasteiger partial charge in [-0.15, -0.1) is 0 Å².